The molecule has 0 aromatic carbocycles. The fourth-order valence-electron chi connectivity index (χ4n) is 5.67. The zero-order valence-corrected chi connectivity index (χ0v) is 15.5. The predicted molar refractivity (Wildman–Crippen MR) is 89.6 cm³/mol. The Hall–Kier alpha value is -1.49. The van der Waals surface area contributed by atoms with Gasteiger partial charge in [0.15, 0.2) is 11.7 Å². The second-order valence-corrected chi connectivity index (χ2v) is 8.94. The number of hydrogen-bond donors (Lipinski definition) is 0. The summed E-state index contributed by atoms with van der Waals surface area (Å²) in [4.78, 5) is 38.3. The van der Waals surface area contributed by atoms with E-state index < -0.39 is 23.1 Å². The molecule has 0 amide bonds. The molecule has 4 aliphatic carbocycles. The highest BCUT2D eigenvalue weighted by Gasteiger charge is 2.78. The normalized spacial score (nSPS) is 47.2. The van der Waals surface area contributed by atoms with Crippen LogP contribution in [0.25, 0.3) is 0 Å². The number of carbonyl (C=O) groups is 3. The molecule has 25 heavy (non-hydrogen) atoms. The molecule has 2 bridgehead atoms. The Kier molecular flexibility index (Phi) is 3.26. The van der Waals surface area contributed by atoms with Gasteiger partial charge in [-0.2, -0.15) is 0 Å². The molecule has 5 heteroatoms. The molecule has 5 rings (SSSR count). The molecule has 0 spiro atoms. The van der Waals surface area contributed by atoms with Gasteiger partial charge in [-0.15, -0.1) is 0 Å². The van der Waals surface area contributed by atoms with Crippen molar-refractivity contribution in [1.29, 1.82) is 0 Å². The Morgan fingerprint density at radius 1 is 1.28 bits per heavy atom. The SMILES string of the molecule is C/C=C(\C)C(=O)O[C@@H]1C(=O)[C@@]2(C)O[C@H]2C[C@H]1[C@@]12C[C@@H](CC1=O)C2(C)C. The topological polar surface area (TPSA) is 73.0 Å². The van der Waals surface area contributed by atoms with Gasteiger partial charge in [-0.25, -0.2) is 4.79 Å². The van der Waals surface area contributed by atoms with Crippen molar-refractivity contribution in [3.05, 3.63) is 11.6 Å². The van der Waals surface area contributed by atoms with Crippen LogP contribution in [0, 0.1) is 22.7 Å². The second kappa shape index (κ2) is 4.81. The quantitative estimate of drug-likeness (QED) is 0.446. The van der Waals surface area contributed by atoms with Crippen LogP contribution in [0.2, 0.25) is 0 Å². The molecule has 1 heterocycles. The van der Waals surface area contributed by atoms with Gasteiger partial charge in [0.2, 0.25) is 5.78 Å². The van der Waals surface area contributed by atoms with Crippen molar-refractivity contribution in [1.82, 2.24) is 0 Å². The highest BCUT2D eigenvalue weighted by atomic mass is 16.6. The molecule has 6 atom stereocenters. The molecule has 5 fully saturated rings. The summed E-state index contributed by atoms with van der Waals surface area (Å²) < 4.78 is 11.4. The monoisotopic (exact) mass is 346 g/mol. The summed E-state index contributed by atoms with van der Waals surface area (Å²) in [6, 6.07) is 0. The average Bonchev–Trinajstić information content (AvgIpc) is 3.02. The minimum atomic E-state index is -0.895. The van der Waals surface area contributed by atoms with Crippen molar-refractivity contribution in [2.45, 2.75) is 71.7 Å². The maximum absolute atomic E-state index is 13.0. The summed E-state index contributed by atoms with van der Waals surface area (Å²) in [6.45, 7) is 9.44. The van der Waals surface area contributed by atoms with Crippen molar-refractivity contribution < 1.29 is 23.9 Å². The molecule has 4 saturated carbocycles. The standard InChI is InChI=1S/C20H26O5/c1-6-10(2)17(23)24-15-12(8-14-19(5,25-14)16(15)22)20-9-11(7-13(20)21)18(20,3)4/h6,11-12,14-15H,7-9H2,1-5H3/b10-6+/t11-,12-,14+,15+,19+,20+/m1/s1. The van der Waals surface area contributed by atoms with Crippen molar-refractivity contribution in [2.75, 3.05) is 0 Å². The Morgan fingerprint density at radius 3 is 2.48 bits per heavy atom. The number of rotatable bonds is 3. The van der Waals surface area contributed by atoms with E-state index in [4.69, 9.17) is 9.47 Å². The third kappa shape index (κ3) is 1.85. The smallest absolute Gasteiger partial charge is 0.334 e. The molecular formula is C20H26O5. The molecule has 5 nitrogen and oxygen atoms in total. The van der Waals surface area contributed by atoms with Crippen LogP contribution in [-0.4, -0.2) is 35.3 Å². The van der Waals surface area contributed by atoms with Crippen molar-refractivity contribution in [3.63, 3.8) is 0 Å². The summed E-state index contributed by atoms with van der Waals surface area (Å²) in [7, 11) is 0. The summed E-state index contributed by atoms with van der Waals surface area (Å²) in [5.74, 6) is -0.343. The Balaban J connectivity index is 1.71. The van der Waals surface area contributed by atoms with Crippen LogP contribution >= 0.6 is 0 Å². The summed E-state index contributed by atoms with van der Waals surface area (Å²) in [5.41, 5.74) is -1.10. The lowest BCUT2D eigenvalue weighted by atomic mass is 9.44. The summed E-state index contributed by atoms with van der Waals surface area (Å²) in [6.07, 6.45) is 2.61. The average molecular weight is 346 g/mol. The molecule has 0 unspecified atom stereocenters. The molecule has 5 aliphatic rings. The molecule has 0 radical (unpaired) electrons. The van der Waals surface area contributed by atoms with E-state index in [0.29, 0.717) is 24.3 Å². The lowest BCUT2D eigenvalue weighted by Gasteiger charge is -2.58. The first kappa shape index (κ1) is 17.0. The first-order valence-electron chi connectivity index (χ1n) is 9.19. The number of hydrogen-bond acceptors (Lipinski definition) is 5. The van der Waals surface area contributed by atoms with E-state index in [1.807, 2.05) is 0 Å². The van der Waals surface area contributed by atoms with Gasteiger partial charge in [-0.3, -0.25) is 9.59 Å². The Labute approximate surface area is 148 Å². The lowest BCUT2D eigenvalue weighted by Crippen LogP contribution is -2.62. The van der Waals surface area contributed by atoms with Crippen molar-refractivity contribution in [3.8, 4) is 0 Å². The van der Waals surface area contributed by atoms with E-state index in [1.54, 1.807) is 26.8 Å². The molecule has 0 aromatic heterocycles. The maximum atomic E-state index is 13.0. The number of carbonyl (C=O) groups excluding carboxylic acids is 3. The van der Waals surface area contributed by atoms with Crippen molar-refractivity contribution in [2.24, 2.45) is 22.7 Å². The minimum Gasteiger partial charge on any atom is -0.451 e. The molecule has 0 N–H and O–H groups in total. The molecule has 0 aromatic rings. The van der Waals surface area contributed by atoms with Crippen LogP contribution < -0.4 is 0 Å². The van der Waals surface area contributed by atoms with Gasteiger partial charge in [-0.1, -0.05) is 19.9 Å². The third-order valence-electron chi connectivity index (χ3n) is 7.82. The Bertz CT molecular complexity index is 720. The van der Waals surface area contributed by atoms with Crippen LogP contribution in [-0.2, 0) is 23.9 Å². The van der Waals surface area contributed by atoms with Crippen LogP contribution in [0.1, 0.15) is 53.9 Å². The van der Waals surface area contributed by atoms with E-state index in [-0.39, 0.29) is 29.0 Å². The second-order valence-electron chi connectivity index (χ2n) is 8.94. The van der Waals surface area contributed by atoms with Gasteiger partial charge in [0.1, 0.15) is 5.78 Å². The zero-order valence-electron chi connectivity index (χ0n) is 15.5. The van der Waals surface area contributed by atoms with Gasteiger partial charge < -0.3 is 9.47 Å². The molecule has 1 aliphatic heterocycles. The Morgan fingerprint density at radius 2 is 1.96 bits per heavy atom. The number of allylic oxidation sites excluding steroid dienone is 1. The number of epoxide rings is 1. The van der Waals surface area contributed by atoms with E-state index in [2.05, 4.69) is 13.8 Å². The molecule has 1 saturated heterocycles. The predicted octanol–water partition coefficient (Wildman–Crippen LogP) is 2.62. The number of ketones is 2. The number of ether oxygens (including phenoxy) is 2. The first-order valence-corrected chi connectivity index (χ1v) is 9.19. The lowest BCUT2D eigenvalue weighted by molar-refractivity contribution is -0.181. The van der Waals surface area contributed by atoms with E-state index in [0.717, 1.165) is 6.42 Å². The zero-order chi connectivity index (χ0) is 18.4. The number of esters is 1. The van der Waals surface area contributed by atoms with Gasteiger partial charge in [0.25, 0.3) is 0 Å². The van der Waals surface area contributed by atoms with Crippen LogP contribution in [0.15, 0.2) is 11.6 Å². The summed E-state index contributed by atoms with van der Waals surface area (Å²) in [5, 5.41) is 0. The van der Waals surface area contributed by atoms with Gasteiger partial charge in [0.05, 0.1) is 6.10 Å². The highest BCUT2D eigenvalue weighted by Crippen LogP contribution is 2.74. The van der Waals surface area contributed by atoms with Gasteiger partial charge in [0, 0.05) is 23.3 Å². The highest BCUT2D eigenvalue weighted by molar-refractivity contribution is 6.00. The van der Waals surface area contributed by atoms with Crippen LogP contribution in [0.3, 0.4) is 0 Å². The van der Waals surface area contributed by atoms with Crippen LogP contribution in [0.5, 0.6) is 0 Å². The number of Topliss-reactive ketones (excluding diaryl/α,β-unsaturated/α-hetero) is 2. The van der Waals surface area contributed by atoms with Gasteiger partial charge in [-0.05, 0) is 44.9 Å². The van der Waals surface area contributed by atoms with Crippen molar-refractivity contribution >= 4 is 17.5 Å². The largest absolute Gasteiger partial charge is 0.451 e. The van der Waals surface area contributed by atoms with E-state index in [9.17, 15) is 14.4 Å². The van der Waals surface area contributed by atoms with Gasteiger partial charge >= 0.3 is 5.97 Å². The molecule has 136 valence electrons. The first-order chi connectivity index (χ1) is 11.6. The number of fused-ring (bicyclic) bond motifs is 2. The van der Waals surface area contributed by atoms with E-state index in [1.165, 1.54) is 0 Å². The third-order valence-corrected chi connectivity index (χ3v) is 7.82. The summed E-state index contributed by atoms with van der Waals surface area (Å²) >= 11 is 0. The fraction of sp³-hybridized carbons (Fsp3) is 0.750. The minimum absolute atomic E-state index is 0.152. The van der Waals surface area contributed by atoms with E-state index >= 15 is 0 Å². The maximum Gasteiger partial charge on any atom is 0.334 e. The molecular weight excluding hydrogens is 320 g/mol. The van der Waals surface area contributed by atoms with Crippen LogP contribution in [0.4, 0.5) is 0 Å². The fourth-order valence-corrected chi connectivity index (χ4v) is 5.67.